The first-order valence-corrected chi connectivity index (χ1v) is 12.3. The largest absolute Gasteiger partial charge is 0.497 e. The van der Waals surface area contributed by atoms with E-state index in [1.54, 1.807) is 7.11 Å². The smallest absolute Gasteiger partial charge is 0.236 e. The molecule has 1 saturated heterocycles. The Bertz CT molecular complexity index is 1220. The highest BCUT2D eigenvalue weighted by atomic mass is 16.5. The van der Waals surface area contributed by atoms with Crippen molar-refractivity contribution in [3.63, 3.8) is 0 Å². The number of ether oxygens (including phenoxy) is 2. The highest BCUT2D eigenvalue weighted by Crippen LogP contribution is 2.45. The Balaban J connectivity index is 1.38. The molecule has 0 bridgehead atoms. The summed E-state index contributed by atoms with van der Waals surface area (Å²) in [6, 6.07) is 19.6. The quantitative estimate of drug-likeness (QED) is 0.379. The van der Waals surface area contributed by atoms with Crippen LogP contribution in [0.1, 0.15) is 54.3 Å². The summed E-state index contributed by atoms with van der Waals surface area (Å²) in [5.41, 5.74) is 4.23. The van der Waals surface area contributed by atoms with E-state index in [1.807, 2.05) is 64.1 Å². The van der Waals surface area contributed by atoms with Crippen molar-refractivity contribution < 1.29 is 19.1 Å². The maximum absolute atomic E-state index is 13.4. The Hall–Kier alpha value is -3.67. The lowest BCUT2D eigenvalue weighted by Crippen LogP contribution is -2.36. The number of nitrogens with zero attached hydrogens (tertiary/aromatic N) is 2. The molecule has 2 amide bonds. The normalized spacial score (nSPS) is 18.4. The number of hydrogen-bond donors (Lipinski definition) is 0. The zero-order valence-electron chi connectivity index (χ0n) is 21.7. The van der Waals surface area contributed by atoms with Crippen molar-refractivity contribution in [3.8, 4) is 11.5 Å². The molecule has 0 saturated carbocycles. The number of amides is 2. The second-order valence-corrected chi connectivity index (χ2v) is 9.87. The Morgan fingerprint density at radius 1 is 0.944 bits per heavy atom. The number of rotatable bonds is 9. The Morgan fingerprint density at radius 3 is 2.17 bits per heavy atom. The fourth-order valence-electron chi connectivity index (χ4n) is 4.83. The van der Waals surface area contributed by atoms with Crippen LogP contribution < -0.4 is 9.47 Å². The van der Waals surface area contributed by atoms with Crippen molar-refractivity contribution in [2.45, 2.75) is 53.0 Å². The first kappa shape index (κ1) is 25.4. The third-order valence-corrected chi connectivity index (χ3v) is 7.20. The van der Waals surface area contributed by atoms with E-state index in [-0.39, 0.29) is 30.7 Å². The van der Waals surface area contributed by atoms with E-state index in [0.29, 0.717) is 6.61 Å². The van der Waals surface area contributed by atoms with E-state index in [1.165, 1.54) is 4.90 Å². The molecule has 6 nitrogen and oxygen atoms in total. The fourth-order valence-corrected chi connectivity index (χ4v) is 4.83. The van der Waals surface area contributed by atoms with Crippen LogP contribution in [0.5, 0.6) is 11.5 Å². The maximum atomic E-state index is 13.4. The number of aromatic nitrogens is 1. The van der Waals surface area contributed by atoms with Crippen LogP contribution in [0.2, 0.25) is 0 Å². The minimum atomic E-state index is -0.773. The molecule has 2 atom stereocenters. The lowest BCUT2D eigenvalue weighted by Gasteiger charge is -2.29. The summed E-state index contributed by atoms with van der Waals surface area (Å²) in [7, 11) is 1.61. The predicted molar refractivity (Wildman–Crippen MR) is 139 cm³/mol. The topological polar surface area (TPSA) is 68.7 Å². The van der Waals surface area contributed by atoms with Gasteiger partial charge in [0, 0.05) is 36.4 Å². The molecule has 0 spiro atoms. The van der Waals surface area contributed by atoms with Gasteiger partial charge in [-0.25, -0.2) is 0 Å². The Morgan fingerprint density at radius 2 is 1.56 bits per heavy atom. The molecule has 1 aromatic heterocycles. The second kappa shape index (κ2) is 10.5. The van der Waals surface area contributed by atoms with Crippen LogP contribution in [0.25, 0.3) is 0 Å². The van der Waals surface area contributed by atoms with Gasteiger partial charge in [-0.3, -0.25) is 19.5 Å². The number of imide groups is 1. The molecular formula is C30H34N2O4. The van der Waals surface area contributed by atoms with Gasteiger partial charge in [0.1, 0.15) is 11.5 Å². The molecule has 4 rings (SSSR count). The third-order valence-electron chi connectivity index (χ3n) is 7.20. The van der Waals surface area contributed by atoms with E-state index in [0.717, 1.165) is 46.0 Å². The van der Waals surface area contributed by atoms with Crippen molar-refractivity contribution in [2.24, 2.45) is 5.41 Å². The fraction of sp³-hybridized carbons (Fsp3) is 0.367. The molecule has 188 valence electrons. The number of benzene rings is 2. The van der Waals surface area contributed by atoms with Crippen molar-refractivity contribution in [1.29, 1.82) is 0 Å². The van der Waals surface area contributed by atoms with Gasteiger partial charge < -0.3 is 9.47 Å². The number of methoxy groups -OCH3 is 1. The van der Waals surface area contributed by atoms with Crippen LogP contribution in [0, 0.1) is 19.3 Å². The van der Waals surface area contributed by atoms with Crippen LogP contribution in [-0.4, -0.2) is 35.4 Å². The average Bonchev–Trinajstić information content (AvgIpc) is 3.07. The van der Waals surface area contributed by atoms with Gasteiger partial charge in [0.2, 0.25) is 11.8 Å². The summed E-state index contributed by atoms with van der Waals surface area (Å²) in [4.78, 5) is 32.1. The summed E-state index contributed by atoms with van der Waals surface area (Å²) < 4.78 is 11.1. The van der Waals surface area contributed by atoms with E-state index >= 15 is 0 Å². The Labute approximate surface area is 213 Å². The number of carbonyl (C=O) groups is 2. The maximum Gasteiger partial charge on any atom is 0.236 e. The highest BCUT2D eigenvalue weighted by Gasteiger charge is 2.51. The molecule has 2 heterocycles. The number of likely N-dealkylation sites (tertiary alicyclic amines) is 1. The molecule has 0 N–H and O–H groups in total. The van der Waals surface area contributed by atoms with Crippen molar-refractivity contribution in [3.05, 3.63) is 88.7 Å². The molecule has 3 aromatic rings. The van der Waals surface area contributed by atoms with E-state index in [2.05, 4.69) is 29.2 Å². The van der Waals surface area contributed by atoms with E-state index in [4.69, 9.17) is 9.47 Å². The summed E-state index contributed by atoms with van der Waals surface area (Å²) in [5, 5.41) is 0. The van der Waals surface area contributed by atoms with Crippen molar-refractivity contribution in [1.82, 2.24) is 9.88 Å². The average molecular weight is 487 g/mol. The van der Waals surface area contributed by atoms with Gasteiger partial charge in [-0.15, -0.1) is 0 Å². The lowest BCUT2D eigenvalue weighted by atomic mass is 9.73. The van der Waals surface area contributed by atoms with Crippen LogP contribution >= 0.6 is 0 Å². The second-order valence-electron chi connectivity index (χ2n) is 9.87. The molecule has 1 aliphatic heterocycles. The third kappa shape index (κ3) is 5.43. The number of hydrogen-bond acceptors (Lipinski definition) is 5. The molecule has 1 fully saturated rings. The number of carbonyl (C=O) groups excluding carboxylic acids is 2. The molecular weight excluding hydrogens is 452 g/mol. The van der Waals surface area contributed by atoms with Gasteiger partial charge in [0.05, 0.1) is 25.7 Å². The first-order chi connectivity index (χ1) is 17.2. The Kier molecular flexibility index (Phi) is 7.43. The lowest BCUT2D eigenvalue weighted by molar-refractivity contribution is -0.142. The van der Waals surface area contributed by atoms with E-state index in [9.17, 15) is 9.59 Å². The molecule has 0 aliphatic carbocycles. The van der Waals surface area contributed by atoms with Crippen LogP contribution in [0.3, 0.4) is 0 Å². The van der Waals surface area contributed by atoms with Gasteiger partial charge >= 0.3 is 0 Å². The van der Waals surface area contributed by atoms with Crippen LogP contribution in [0.4, 0.5) is 0 Å². The van der Waals surface area contributed by atoms with E-state index < -0.39 is 5.41 Å². The standard InChI is InChI=1S/C30H34N2O4/c1-20-16-27(17-21(2)31-20)36-15-14-23-6-10-25(11-7-23)22(3)30(4)18-28(33)32(29(30)34)19-24-8-12-26(35-5)13-9-24/h6-13,16-17,22H,14-15,18-19H2,1-5H3/t22?,30-/m0/s1. The van der Waals surface area contributed by atoms with Crippen molar-refractivity contribution >= 4 is 11.8 Å². The zero-order chi connectivity index (χ0) is 25.9. The molecule has 1 unspecified atom stereocenters. The van der Waals surface area contributed by atoms with Crippen LogP contribution in [0.15, 0.2) is 60.7 Å². The number of pyridine rings is 1. The van der Waals surface area contributed by atoms with Gasteiger partial charge in [0.25, 0.3) is 0 Å². The monoisotopic (exact) mass is 486 g/mol. The zero-order valence-corrected chi connectivity index (χ0v) is 21.7. The van der Waals surface area contributed by atoms with Gasteiger partial charge in [-0.1, -0.05) is 43.3 Å². The molecule has 6 heteroatoms. The summed E-state index contributed by atoms with van der Waals surface area (Å²) in [6.45, 7) is 8.71. The molecule has 0 radical (unpaired) electrons. The summed E-state index contributed by atoms with van der Waals surface area (Å²) in [5.74, 6) is 1.25. The van der Waals surface area contributed by atoms with Gasteiger partial charge in [0.15, 0.2) is 0 Å². The minimum absolute atomic E-state index is 0.0945. The summed E-state index contributed by atoms with van der Waals surface area (Å²) in [6.07, 6.45) is 0.989. The van der Waals surface area contributed by atoms with Gasteiger partial charge in [-0.05, 0) is 55.5 Å². The van der Waals surface area contributed by atoms with Crippen LogP contribution in [-0.2, 0) is 22.6 Å². The molecule has 1 aliphatic rings. The minimum Gasteiger partial charge on any atom is -0.497 e. The van der Waals surface area contributed by atoms with Gasteiger partial charge in [-0.2, -0.15) is 0 Å². The molecule has 36 heavy (non-hydrogen) atoms. The first-order valence-electron chi connectivity index (χ1n) is 12.3. The van der Waals surface area contributed by atoms with Crippen molar-refractivity contribution in [2.75, 3.05) is 13.7 Å². The highest BCUT2D eigenvalue weighted by molar-refractivity contribution is 6.06. The molecule has 2 aromatic carbocycles. The summed E-state index contributed by atoms with van der Waals surface area (Å²) >= 11 is 0. The predicted octanol–water partition coefficient (Wildman–Crippen LogP) is 5.40. The number of aryl methyl sites for hydroxylation is 2. The SMILES string of the molecule is COc1ccc(CN2C(=O)C[C@@](C)(C(C)c3ccc(CCOc4cc(C)nc(C)c4)cc3)C2=O)cc1.